The van der Waals surface area contributed by atoms with Gasteiger partial charge in [0.15, 0.2) is 0 Å². The van der Waals surface area contributed by atoms with Crippen LogP contribution in [0.3, 0.4) is 0 Å². The third kappa shape index (κ3) is 4.22. The summed E-state index contributed by atoms with van der Waals surface area (Å²) in [5.41, 5.74) is 11.0. The minimum Gasteiger partial charge on any atom is -0.399 e. The van der Waals surface area contributed by atoms with Crippen molar-refractivity contribution in [2.24, 2.45) is 0 Å². The summed E-state index contributed by atoms with van der Waals surface area (Å²) in [6, 6.07) is 4.41. The van der Waals surface area contributed by atoms with Crippen LogP contribution in [0.25, 0.3) is 0 Å². The summed E-state index contributed by atoms with van der Waals surface area (Å²) in [4.78, 5) is 2.54. The highest BCUT2D eigenvalue weighted by molar-refractivity contribution is 5.67. The lowest BCUT2D eigenvalue weighted by Crippen LogP contribution is -2.48. The lowest BCUT2D eigenvalue weighted by molar-refractivity contribution is 0.0860. The SMILES string of the molecule is Cc1cc2c(cc1N)C(C)CC(C)(C)N2CCCCCC(O)CO. The monoisotopic (exact) mass is 334 g/mol. The lowest BCUT2D eigenvalue weighted by atomic mass is 9.79. The number of benzene rings is 1. The molecule has 2 unspecified atom stereocenters. The summed E-state index contributed by atoms with van der Waals surface area (Å²) in [5.74, 6) is 0.522. The number of nitrogens with zero attached hydrogens (tertiary/aromatic N) is 1. The minimum atomic E-state index is -0.566. The van der Waals surface area contributed by atoms with Gasteiger partial charge in [0.25, 0.3) is 0 Å². The number of nitrogen functional groups attached to an aromatic ring is 1. The molecule has 2 rings (SSSR count). The standard InChI is InChI=1S/C20H34N2O2/c1-14-10-19-17(11-18(14)21)15(2)12-20(3,4)22(19)9-7-5-6-8-16(24)13-23/h10-11,15-16,23-24H,5-9,12-13,21H2,1-4H3. The Hall–Kier alpha value is -1.26. The van der Waals surface area contributed by atoms with Crippen LogP contribution < -0.4 is 10.6 Å². The van der Waals surface area contributed by atoms with Crippen LogP contribution in [-0.2, 0) is 0 Å². The Morgan fingerprint density at radius 2 is 2.00 bits per heavy atom. The summed E-state index contributed by atoms with van der Waals surface area (Å²) < 4.78 is 0. The van der Waals surface area contributed by atoms with Gasteiger partial charge in [0.1, 0.15) is 0 Å². The summed E-state index contributed by atoms with van der Waals surface area (Å²) in [5, 5.41) is 18.3. The van der Waals surface area contributed by atoms with E-state index in [1.807, 2.05) is 0 Å². The predicted octanol–water partition coefficient (Wildman–Crippen LogP) is 3.58. The Morgan fingerprint density at radius 3 is 2.67 bits per heavy atom. The number of aliphatic hydroxyl groups is 2. The molecule has 1 aromatic carbocycles. The average Bonchev–Trinajstić information content (AvgIpc) is 2.51. The molecule has 4 N–H and O–H groups in total. The molecule has 0 fully saturated rings. The smallest absolute Gasteiger partial charge is 0.0770 e. The normalized spacial score (nSPS) is 20.8. The van der Waals surface area contributed by atoms with E-state index < -0.39 is 6.10 Å². The topological polar surface area (TPSA) is 69.7 Å². The van der Waals surface area contributed by atoms with Crippen LogP contribution in [0.4, 0.5) is 11.4 Å². The van der Waals surface area contributed by atoms with E-state index in [1.165, 1.54) is 11.3 Å². The maximum atomic E-state index is 9.43. The molecule has 4 nitrogen and oxygen atoms in total. The molecule has 0 saturated carbocycles. The van der Waals surface area contributed by atoms with Crippen LogP contribution in [0.15, 0.2) is 12.1 Å². The van der Waals surface area contributed by atoms with E-state index in [0.717, 1.165) is 43.5 Å². The van der Waals surface area contributed by atoms with E-state index in [9.17, 15) is 5.11 Å². The minimum absolute atomic E-state index is 0.134. The van der Waals surface area contributed by atoms with E-state index in [4.69, 9.17) is 10.8 Å². The summed E-state index contributed by atoms with van der Waals surface area (Å²) >= 11 is 0. The molecule has 4 heteroatoms. The Bertz CT molecular complexity index is 557. The zero-order chi connectivity index (χ0) is 17.9. The fourth-order valence-electron chi connectivity index (χ4n) is 3.99. The van der Waals surface area contributed by atoms with Gasteiger partial charge in [0.2, 0.25) is 0 Å². The zero-order valence-corrected chi connectivity index (χ0v) is 15.7. The quantitative estimate of drug-likeness (QED) is 0.526. The van der Waals surface area contributed by atoms with E-state index in [2.05, 4.69) is 44.7 Å². The molecular weight excluding hydrogens is 300 g/mol. The Morgan fingerprint density at radius 1 is 1.29 bits per heavy atom. The number of hydrogen-bond acceptors (Lipinski definition) is 4. The van der Waals surface area contributed by atoms with Crippen molar-refractivity contribution in [1.82, 2.24) is 0 Å². The highest BCUT2D eigenvalue weighted by atomic mass is 16.3. The number of anilines is 2. The third-order valence-corrected chi connectivity index (χ3v) is 5.40. The molecule has 1 aliphatic heterocycles. The highest BCUT2D eigenvalue weighted by Gasteiger charge is 2.36. The van der Waals surface area contributed by atoms with Crippen molar-refractivity contribution in [3.8, 4) is 0 Å². The largest absolute Gasteiger partial charge is 0.399 e. The van der Waals surface area contributed by atoms with E-state index in [-0.39, 0.29) is 12.1 Å². The second kappa shape index (κ2) is 7.75. The maximum Gasteiger partial charge on any atom is 0.0770 e. The fraction of sp³-hybridized carbons (Fsp3) is 0.700. The number of nitrogens with two attached hydrogens (primary N) is 1. The van der Waals surface area contributed by atoms with Crippen molar-refractivity contribution >= 4 is 11.4 Å². The van der Waals surface area contributed by atoms with Crippen LogP contribution in [0, 0.1) is 6.92 Å². The highest BCUT2D eigenvalue weighted by Crippen LogP contribution is 2.44. The molecule has 1 aliphatic rings. The van der Waals surface area contributed by atoms with E-state index in [1.54, 1.807) is 0 Å². The van der Waals surface area contributed by atoms with Crippen molar-refractivity contribution in [1.29, 1.82) is 0 Å². The Labute approximate surface area is 146 Å². The molecule has 0 bridgehead atoms. The number of fused-ring (bicyclic) bond motifs is 1. The van der Waals surface area contributed by atoms with E-state index in [0.29, 0.717) is 12.3 Å². The summed E-state index contributed by atoms with van der Waals surface area (Å²) in [6.07, 6.45) is 4.37. The number of rotatable bonds is 7. The third-order valence-electron chi connectivity index (χ3n) is 5.40. The van der Waals surface area contributed by atoms with Crippen molar-refractivity contribution in [2.75, 3.05) is 23.8 Å². The molecule has 24 heavy (non-hydrogen) atoms. The first kappa shape index (κ1) is 19.1. The molecule has 0 aliphatic carbocycles. The maximum absolute atomic E-state index is 9.43. The molecule has 1 heterocycles. The molecule has 0 spiro atoms. The van der Waals surface area contributed by atoms with Gasteiger partial charge >= 0.3 is 0 Å². The van der Waals surface area contributed by atoms with Crippen molar-refractivity contribution in [3.63, 3.8) is 0 Å². The van der Waals surface area contributed by atoms with Gasteiger partial charge in [-0.3, -0.25) is 0 Å². The van der Waals surface area contributed by atoms with Gasteiger partial charge in [-0.25, -0.2) is 0 Å². The van der Waals surface area contributed by atoms with Gasteiger partial charge in [-0.05, 0) is 69.2 Å². The molecule has 0 saturated heterocycles. The van der Waals surface area contributed by atoms with Gasteiger partial charge in [-0.1, -0.05) is 19.8 Å². The molecule has 1 aromatic rings. The molecule has 136 valence electrons. The van der Waals surface area contributed by atoms with Crippen molar-refractivity contribution in [3.05, 3.63) is 23.3 Å². The van der Waals surface area contributed by atoms with Crippen LogP contribution >= 0.6 is 0 Å². The van der Waals surface area contributed by atoms with Gasteiger partial charge in [-0.2, -0.15) is 0 Å². The second-order valence-electron chi connectivity index (χ2n) is 8.02. The molecule has 0 radical (unpaired) electrons. The number of aliphatic hydroxyl groups excluding tert-OH is 2. The molecule has 0 amide bonds. The zero-order valence-electron chi connectivity index (χ0n) is 15.7. The number of aryl methyl sites for hydroxylation is 1. The number of hydrogen-bond donors (Lipinski definition) is 3. The molecule has 0 aromatic heterocycles. The number of unbranched alkanes of at least 4 members (excludes halogenated alkanes) is 2. The van der Waals surface area contributed by atoms with Gasteiger partial charge < -0.3 is 20.8 Å². The fourth-order valence-corrected chi connectivity index (χ4v) is 3.99. The second-order valence-corrected chi connectivity index (χ2v) is 8.02. The van der Waals surface area contributed by atoms with Gasteiger partial charge in [-0.15, -0.1) is 0 Å². The average molecular weight is 335 g/mol. The van der Waals surface area contributed by atoms with E-state index >= 15 is 0 Å². The van der Waals surface area contributed by atoms with Gasteiger partial charge in [0, 0.05) is 23.5 Å². The van der Waals surface area contributed by atoms with Gasteiger partial charge in [0.05, 0.1) is 12.7 Å². The van der Waals surface area contributed by atoms with Crippen molar-refractivity contribution < 1.29 is 10.2 Å². The van der Waals surface area contributed by atoms with Crippen LogP contribution in [-0.4, -0.2) is 35.0 Å². The lowest BCUT2D eigenvalue weighted by Gasteiger charge is -2.48. The molecule has 2 atom stereocenters. The molecular formula is C20H34N2O2. The predicted molar refractivity (Wildman–Crippen MR) is 102 cm³/mol. The first-order chi connectivity index (χ1) is 11.3. The first-order valence-electron chi connectivity index (χ1n) is 9.23. The van der Waals surface area contributed by atoms with Crippen molar-refractivity contribution in [2.45, 2.75) is 77.4 Å². The first-order valence-corrected chi connectivity index (χ1v) is 9.23. The van der Waals surface area contributed by atoms with Crippen LogP contribution in [0.5, 0.6) is 0 Å². The van der Waals surface area contributed by atoms with Crippen LogP contribution in [0.1, 0.15) is 69.9 Å². The summed E-state index contributed by atoms with van der Waals surface area (Å²) in [7, 11) is 0. The Kier molecular flexibility index (Phi) is 6.16. The Balaban J connectivity index is 2.08. The van der Waals surface area contributed by atoms with Crippen LogP contribution in [0.2, 0.25) is 0 Å². The summed E-state index contributed by atoms with van der Waals surface area (Å²) in [6.45, 7) is 9.91.